The summed E-state index contributed by atoms with van der Waals surface area (Å²) in [5.74, 6) is -1.88. The van der Waals surface area contributed by atoms with Crippen molar-refractivity contribution < 1.29 is 17.2 Å². The first-order valence-electron chi connectivity index (χ1n) is 8.07. The number of benzene rings is 1. The maximum atomic E-state index is 13.6. The van der Waals surface area contributed by atoms with Gasteiger partial charge in [-0.25, -0.2) is 21.9 Å². The molecule has 0 fully saturated rings. The molecule has 1 aromatic rings. The maximum absolute atomic E-state index is 13.6. The molecule has 4 nitrogen and oxygen atoms in total. The van der Waals surface area contributed by atoms with Crippen molar-refractivity contribution in [2.24, 2.45) is 0 Å². The zero-order valence-electron chi connectivity index (χ0n) is 13.8. The smallest absolute Gasteiger partial charge is 0.243 e. The van der Waals surface area contributed by atoms with Gasteiger partial charge in [-0.15, -0.1) is 0 Å². The van der Waals surface area contributed by atoms with Crippen molar-refractivity contribution in [2.75, 3.05) is 26.2 Å². The number of unbranched alkanes of at least 4 members (excludes halogenated alkanes) is 2. The standard InChI is InChI=1S/C16H26F2N2O2S/c1-3-5-10-20(11-6-4-2)12-9-19-23(21,22)16-8-7-14(17)13-15(16)18/h7-8,13,19H,3-6,9-12H2,1-2H3. The highest BCUT2D eigenvalue weighted by Crippen LogP contribution is 2.15. The summed E-state index contributed by atoms with van der Waals surface area (Å²) in [4.78, 5) is 1.68. The fraction of sp³-hybridized carbons (Fsp3) is 0.625. The predicted octanol–water partition coefficient (Wildman–Crippen LogP) is 3.15. The molecule has 0 aliphatic heterocycles. The fourth-order valence-corrected chi connectivity index (χ4v) is 3.29. The molecule has 1 rings (SSSR count). The number of nitrogens with zero attached hydrogens (tertiary/aromatic N) is 1. The quantitative estimate of drug-likeness (QED) is 0.668. The van der Waals surface area contributed by atoms with Crippen molar-refractivity contribution in [2.45, 2.75) is 44.4 Å². The number of hydrogen-bond donors (Lipinski definition) is 1. The van der Waals surface area contributed by atoms with E-state index in [2.05, 4.69) is 23.5 Å². The summed E-state index contributed by atoms with van der Waals surface area (Å²) in [6, 6.07) is 2.45. The Morgan fingerprint density at radius 2 is 1.65 bits per heavy atom. The Kier molecular flexibility index (Phi) is 8.65. The molecule has 0 atom stereocenters. The van der Waals surface area contributed by atoms with Gasteiger partial charge in [0.2, 0.25) is 10.0 Å². The first kappa shape index (κ1) is 20.0. The van der Waals surface area contributed by atoms with Gasteiger partial charge >= 0.3 is 0 Å². The van der Waals surface area contributed by atoms with E-state index in [0.29, 0.717) is 12.6 Å². The highest BCUT2D eigenvalue weighted by atomic mass is 32.2. The first-order valence-corrected chi connectivity index (χ1v) is 9.56. The van der Waals surface area contributed by atoms with Crippen LogP contribution in [0.25, 0.3) is 0 Å². The Labute approximate surface area is 137 Å². The molecule has 0 amide bonds. The van der Waals surface area contributed by atoms with Crippen LogP contribution in [-0.4, -0.2) is 39.5 Å². The summed E-state index contributed by atoms with van der Waals surface area (Å²) in [5, 5.41) is 0. The molecule has 0 aromatic heterocycles. The third-order valence-corrected chi connectivity index (χ3v) is 5.05. The molecule has 0 radical (unpaired) electrons. The molecule has 1 N–H and O–H groups in total. The lowest BCUT2D eigenvalue weighted by Gasteiger charge is -2.22. The van der Waals surface area contributed by atoms with Crippen LogP contribution in [0.4, 0.5) is 8.78 Å². The minimum atomic E-state index is -3.96. The molecule has 0 saturated carbocycles. The van der Waals surface area contributed by atoms with Crippen LogP contribution in [-0.2, 0) is 10.0 Å². The maximum Gasteiger partial charge on any atom is 0.243 e. The molecule has 1 aromatic carbocycles. The van der Waals surface area contributed by atoms with E-state index in [1.807, 2.05) is 0 Å². The number of sulfonamides is 1. The Bertz CT molecular complexity index is 571. The largest absolute Gasteiger partial charge is 0.302 e. The zero-order valence-corrected chi connectivity index (χ0v) is 14.6. The second-order valence-corrected chi connectivity index (χ2v) is 7.26. The average Bonchev–Trinajstić information content (AvgIpc) is 2.48. The molecule has 0 heterocycles. The van der Waals surface area contributed by atoms with E-state index in [1.165, 1.54) is 0 Å². The van der Waals surface area contributed by atoms with Crippen molar-refractivity contribution in [1.82, 2.24) is 9.62 Å². The summed E-state index contributed by atoms with van der Waals surface area (Å²) in [7, 11) is -3.96. The minimum absolute atomic E-state index is 0.201. The van der Waals surface area contributed by atoms with Crippen molar-refractivity contribution in [3.63, 3.8) is 0 Å². The van der Waals surface area contributed by atoms with Gasteiger partial charge in [-0.1, -0.05) is 26.7 Å². The van der Waals surface area contributed by atoms with Crippen molar-refractivity contribution in [3.05, 3.63) is 29.8 Å². The Morgan fingerprint density at radius 1 is 1.04 bits per heavy atom. The van der Waals surface area contributed by atoms with Crippen molar-refractivity contribution >= 4 is 10.0 Å². The SMILES string of the molecule is CCCCN(CCCC)CCNS(=O)(=O)c1ccc(F)cc1F. The molecule has 0 aliphatic carbocycles. The Balaban J connectivity index is 2.60. The van der Waals surface area contributed by atoms with E-state index in [-0.39, 0.29) is 6.54 Å². The topological polar surface area (TPSA) is 49.4 Å². The summed E-state index contributed by atoms with van der Waals surface area (Å²) >= 11 is 0. The van der Waals surface area contributed by atoms with E-state index in [4.69, 9.17) is 0 Å². The zero-order chi connectivity index (χ0) is 17.3. The summed E-state index contributed by atoms with van der Waals surface area (Å²) < 4.78 is 53.0. The molecule has 0 saturated heterocycles. The summed E-state index contributed by atoms with van der Waals surface area (Å²) in [5.41, 5.74) is 0. The summed E-state index contributed by atoms with van der Waals surface area (Å²) in [6.45, 7) is 6.83. The Morgan fingerprint density at radius 3 is 2.17 bits per heavy atom. The second kappa shape index (κ2) is 9.95. The van der Waals surface area contributed by atoms with Gasteiger partial charge in [0, 0.05) is 19.2 Å². The van der Waals surface area contributed by atoms with Gasteiger partial charge in [0.05, 0.1) is 0 Å². The van der Waals surface area contributed by atoms with E-state index in [9.17, 15) is 17.2 Å². The fourth-order valence-electron chi connectivity index (χ4n) is 2.21. The van der Waals surface area contributed by atoms with Crippen LogP contribution in [0, 0.1) is 11.6 Å². The average molecular weight is 348 g/mol. The highest BCUT2D eigenvalue weighted by molar-refractivity contribution is 7.89. The second-order valence-electron chi connectivity index (χ2n) is 5.52. The van der Waals surface area contributed by atoms with Gasteiger partial charge in [0.25, 0.3) is 0 Å². The number of nitrogens with one attached hydrogen (secondary N) is 1. The predicted molar refractivity (Wildman–Crippen MR) is 87.8 cm³/mol. The van der Waals surface area contributed by atoms with E-state index in [0.717, 1.165) is 50.9 Å². The normalized spacial score (nSPS) is 12.0. The lowest BCUT2D eigenvalue weighted by molar-refractivity contribution is 0.269. The molecule has 0 bridgehead atoms. The molecule has 0 aliphatic rings. The van der Waals surface area contributed by atoms with Crippen molar-refractivity contribution in [1.29, 1.82) is 0 Å². The summed E-state index contributed by atoms with van der Waals surface area (Å²) in [6.07, 6.45) is 4.27. The molecule has 7 heteroatoms. The molecule has 0 unspecified atom stereocenters. The van der Waals surface area contributed by atoms with Crippen LogP contribution in [0.3, 0.4) is 0 Å². The van der Waals surface area contributed by atoms with E-state index < -0.39 is 26.6 Å². The van der Waals surface area contributed by atoms with Crippen LogP contribution in [0.1, 0.15) is 39.5 Å². The number of hydrogen-bond acceptors (Lipinski definition) is 3. The van der Waals surface area contributed by atoms with Gasteiger partial charge in [-0.2, -0.15) is 0 Å². The van der Waals surface area contributed by atoms with Crippen LogP contribution < -0.4 is 4.72 Å². The molecule has 23 heavy (non-hydrogen) atoms. The highest BCUT2D eigenvalue weighted by Gasteiger charge is 2.19. The van der Waals surface area contributed by atoms with Gasteiger partial charge in [-0.3, -0.25) is 0 Å². The minimum Gasteiger partial charge on any atom is -0.302 e. The first-order chi connectivity index (χ1) is 10.9. The van der Waals surface area contributed by atoms with E-state index in [1.54, 1.807) is 0 Å². The number of rotatable bonds is 11. The van der Waals surface area contributed by atoms with Crippen molar-refractivity contribution in [3.8, 4) is 0 Å². The molecular weight excluding hydrogens is 322 g/mol. The molecule has 0 spiro atoms. The van der Waals surface area contributed by atoms with Gasteiger partial charge in [-0.05, 0) is 38.1 Å². The lowest BCUT2D eigenvalue weighted by Crippen LogP contribution is -2.36. The van der Waals surface area contributed by atoms with Gasteiger partial charge < -0.3 is 4.90 Å². The Hall–Kier alpha value is -1.05. The molecular formula is C16H26F2N2O2S. The number of halogens is 2. The van der Waals surface area contributed by atoms with Crippen LogP contribution in [0.15, 0.2) is 23.1 Å². The lowest BCUT2D eigenvalue weighted by atomic mass is 10.2. The van der Waals surface area contributed by atoms with Crippen LogP contribution in [0.5, 0.6) is 0 Å². The van der Waals surface area contributed by atoms with Crippen LogP contribution >= 0.6 is 0 Å². The third kappa shape index (κ3) is 6.93. The third-order valence-electron chi connectivity index (χ3n) is 3.56. The van der Waals surface area contributed by atoms with E-state index >= 15 is 0 Å². The van der Waals surface area contributed by atoms with Crippen LogP contribution in [0.2, 0.25) is 0 Å². The monoisotopic (exact) mass is 348 g/mol. The molecule has 132 valence electrons. The van der Waals surface area contributed by atoms with Gasteiger partial charge in [0.1, 0.15) is 16.5 Å². The van der Waals surface area contributed by atoms with Gasteiger partial charge in [0.15, 0.2) is 0 Å².